The van der Waals surface area contributed by atoms with E-state index in [1.165, 1.54) is 6.07 Å². The number of fused-ring (bicyclic) bond motifs is 1. The Morgan fingerprint density at radius 2 is 1.69 bits per heavy atom. The molecule has 0 radical (unpaired) electrons. The van der Waals surface area contributed by atoms with Gasteiger partial charge in [0.1, 0.15) is 0 Å². The van der Waals surface area contributed by atoms with Gasteiger partial charge in [0.15, 0.2) is 11.4 Å². The first-order chi connectivity index (χ1) is 12.1. The standard InChI is InChI=1S/C21H28O5/c1-19(2,3)13-9-11-14(12-10-13)20(24)17(22)15-7-5-6-8-16(15)21(20,25)18(23)26-4/h5-8,13-14,24-25H,9-12H2,1-4H3/t13?,14?,20-,21-/m0/s1. The first kappa shape index (κ1) is 19.1. The lowest BCUT2D eigenvalue weighted by atomic mass is 9.63. The summed E-state index contributed by atoms with van der Waals surface area (Å²) in [5, 5.41) is 22.8. The maximum Gasteiger partial charge on any atom is 0.346 e. The van der Waals surface area contributed by atoms with Gasteiger partial charge >= 0.3 is 5.97 Å². The molecular weight excluding hydrogens is 332 g/mol. The summed E-state index contributed by atoms with van der Waals surface area (Å²) in [5.41, 5.74) is -4.07. The van der Waals surface area contributed by atoms with Crippen molar-refractivity contribution < 1.29 is 24.5 Å². The van der Waals surface area contributed by atoms with Crippen molar-refractivity contribution in [3.8, 4) is 0 Å². The molecule has 2 aliphatic rings. The number of aliphatic hydroxyl groups is 2. The molecule has 0 saturated heterocycles. The number of esters is 1. The van der Waals surface area contributed by atoms with Crippen LogP contribution < -0.4 is 0 Å². The van der Waals surface area contributed by atoms with E-state index in [1.807, 2.05) is 0 Å². The molecule has 1 aromatic rings. The molecule has 26 heavy (non-hydrogen) atoms. The van der Waals surface area contributed by atoms with Crippen LogP contribution in [0.3, 0.4) is 0 Å². The topological polar surface area (TPSA) is 83.8 Å². The molecule has 1 aromatic carbocycles. The van der Waals surface area contributed by atoms with Gasteiger partial charge in [-0.05, 0) is 42.9 Å². The largest absolute Gasteiger partial charge is 0.467 e. The Morgan fingerprint density at radius 1 is 1.12 bits per heavy atom. The van der Waals surface area contributed by atoms with Crippen LogP contribution in [0.4, 0.5) is 0 Å². The molecule has 0 amide bonds. The molecule has 2 N–H and O–H groups in total. The van der Waals surface area contributed by atoms with E-state index in [-0.39, 0.29) is 16.5 Å². The minimum Gasteiger partial charge on any atom is -0.467 e. The number of rotatable bonds is 2. The maximum atomic E-state index is 13.1. The average Bonchev–Trinajstić information content (AvgIpc) is 2.81. The smallest absolute Gasteiger partial charge is 0.346 e. The molecule has 142 valence electrons. The van der Waals surface area contributed by atoms with Crippen molar-refractivity contribution in [1.82, 2.24) is 0 Å². The van der Waals surface area contributed by atoms with Crippen LogP contribution in [0.25, 0.3) is 0 Å². The number of ether oxygens (including phenoxy) is 1. The Hall–Kier alpha value is -1.72. The van der Waals surface area contributed by atoms with E-state index in [9.17, 15) is 19.8 Å². The Balaban J connectivity index is 2.02. The number of benzene rings is 1. The van der Waals surface area contributed by atoms with Crippen LogP contribution in [0, 0.1) is 17.3 Å². The van der Waals surface area contributed by atoms with E-state index in [0.717, 1.165) is 20.0 Å². The van der Waals surface area contributed by atoms with Crippen LogP contribution in [-0.2, 0) is 15.1 Å². The number of methoxy groups -OCH3 is 1. The fourth-order valence-electron chi connectivity index (χ4n) is 4.84. The molecule has 2 atom stereocenters. The third-order valence-electron chi connectivity index (χ3n) is 6.48. The van der Waals surface area contributed by atoms with Crippen molar-refractivity contribution in [3.05, 3.63) is 35.4 Å². The predicted molar refractivity (Wildman–Crippen MR) is 96.5 cm³/mol. The van der Waals surface area contributed by atoms with Crippen molar-refractivity contribution in [3.63, 3.8) is 0 Å². The minimum absolute atomic E-state index is 0.136. The highest BCUT2D eigenvalue weighted by atomic mass is 16.5. The normalized spacial score (nSPS) is 34.5. The quantitative estimate of drug-likeness (QED) is 0.793. The molecule has 1 fully saturated rings. The number of hydrogen-bond donors (Lipinski definition) is 2. The Kier molecular flexibility index (Phi) is 4.52. The molecule has 1 saturated carbocycles. The third kappa shape index (κ3) is 2.44. The van der Waals surface area contributed by atoms with E-state index < -0.39 is 28.9 Å². The number of ketones is 1. The second kappa shape index (κ2) is 6.17. The Labute approximate surface area is 154 Å². The molecule has 0 bridgehead atoms. The predicted octanol–water partition coefficient (Wildman–Crippen LogP) is 2.83. The van der Waals surface area contributed by atoms with Gasteiger partial charge in [0, 0.05) is 11.1 Å². The second-order valence-electron chi connectivity index (χ2n) is 8.76. The van der Waals surface area contributed by atoms with Gasteiger partial charge in [0.25, 0.3) is 0 Å². The summed E-state index contributed by atoms with van der Waals surface area (Å²) in [5.74, 6) is -1.59. The van der Waals surface area contributed by atoms with Crippen molar-refractivity contribution in [2.24, 2.45) is 17.3 Å². The van der Waals surface area contributed by atoms with Crippen LogP contribution in [0.2, 0.25) is 0 Å². The molecule has 3 rings (SSSR count). The lowest BCUT2D eigenvalue weighted by molar-refractivity contribution is -0.198. The van der Waals surface area contributed by atoms with Gasteiger partial charge in [0.05, 0.1) is 7.11 Å². The van der Waals surface area contributed by atoms with Gasteiger partial charge in [-0.1, -0.05) is 45.0 Å². The van der Waals surface area contributed by atoms with Gasteiger partial charge in [0.2, 0.25) is 5.60 Å². The van der Waals surface area contributed by atoms with Gasteiger partial charge in [-0.2, -0.15) is 0 Å². The second-order valence-corrected chi connectivity index (χ2v) is 8.76. The summed E-state index contributed by atoms with van der Waals surface area (Å²) in [6, 6.07) is 6.37. The Bertz CT molecular complexity index is 726. The van der Waals surface area contributed by atoms with E-state index in [0.29, 0.717) is 18.8 Å². The number of hydrogen-bond acceptors (Lipinski definition) is 5. The highest BCUT2D eigenvalue weighted by Gasteiger charge is 2.70. The van der Waals surface area contributed by atoms with Crippen molar-refractivity contribution in [1.29, 1.82) is 0 Å². The average molecular weight is 360 g/mol. The molecular formula is C21H28O5. The fourth-order valence-corrected chi connectivity index (χ4v) is 4.84. The number of carbonyl (C=O) groups excluding carboxylic acids is 2. The number of Topliss-reactive ketones (excluding diaryl/α,β-unsaturated/α-hetero) is 1. The zero-order valence-electron chi connectivity index (χ0n) is 15.9. The summed E-state index contributed by atoms with van der Waals surface area (Å²) in [4.78, 5) is 25.7. The highest BCUT2D eigenvalue weighted by Crippen LogP contribution is 2.53. The maximum absolute atomic E-state index is 13.1. The summed E-state index contributed by atoms with van der Waals surface area (Å²) in [6.07, 6.45) is 2.85. The molecule has 0 aliphatic heterocycles. The zero-order chi connectivity index (χ0) is 19.3. The molecule has 0 aromatic heterocycles. The summed E-state index contributed by atoms with van der Waals surface area (Å²) < 4.78 is 4.80. The third-order valence-corrected chi connectivity index (χ3v) is 6.48. The molecule has 0 heterocycles. The summed E-state index contributed by atoms with van der Waals surface area (Å²) >= 11 is 0. The molecule has 0 spiro atoms. The molecule has 2 aliphatic carbocycles. The van der Waals surface area contributed by atoms with Crippen LogP contribution >= 0.6 is 0 Å². The van der Waals surface area contributed by atoms with Gasteiger partial charge in [-0.25, -0.2) is 4.79 Å². The number of carbonyl (C=O) groups is 2. The van der Waals surface area contributed by atoms with Gasteiger partial charge in [-0.3, -0.25) is 4.79 Å². The fraction of sp³-hybridized carbons (Fsp3) is 0.619. The zero-order valence-corrected chi connectivity index (χ0v) is 15.9. The minimum atomic E-state index is -2.37. The SMILES string of the molecule is COC(=O)[C@@]1(O)c2ccccc2C(=O)[C@@]1(O)C1CCC(C(C)(C)C)CC1. The first-order valence-corrected chi connectivity index (χ1v) is 9.26. The molecule has 5 nitrogen and oxygen atoms in total. The van der Waals surface area contributed by atoms with Crippen molar-refractivity contribution >= 4 is 11.8 Å². The first-order valence-electron chi connectivity index (χ1n) is 9.26. The van der Waals surface area contributed by atoms with E-state index >= 15 is 0 Å². The van der Waals surface area contributed by atoms with Crippen LogP contribution in [0.5, 0.6) is 0 Å². The van der Waals surface area contributed by atoms with Crippen LogP contribution in [-0.4, -0.2) is 34.7 Å². The van der Waals surface area contributed by atoms with Gasteiger partial charge in [-0.15, -0.1) is 0 Å². The molecule has 0 unspecified atom stereocenters. The van der Waals surface area contributed by atoms with Gasteiger partial charge < -0.3 is 14.9 Å². The van der Waals surface area contributed by atoms with Crippen molar-refractivity contribution in [2.45, 2.75) is 57.7 Å². The van der Waals surface area contributed by atoms with Crippen LogP contribution in [0.1, 0.15) is 62.4 Å². The lowest BCUT2D eigenvalue weighted by Gasteiger charge is -2.45. The molecule has 5 heteroatoms. The van der Waals surface area contributed by atoms with E-state index in [1.54, 1.807) is 18.2 Å². The Morgan fingerprint density at radius 3 is 2.23 bits per heavy atom. The van der Waals surface area contributed by atoms with Crippen molar-refractivity contribution in [2.75, 3.05) is 7.11 Å². The van der Waals surface area contributed by atoms with E-state index in [4.69, 9.17) is 4.74 Å². The van der Waals surface area contributed by atoms with Crippen LogP contribution in [0.15, 0.2) is 24.3 Å². The lowest BCUT2D eigenvalue weighted by Crippen LogP contribution is -2.62. The van der Waals surface area contributed by atoms with E-state index in [2.05, 4.69) is 20.8 Å². The monoisotopic (exact) mass is 360 g/mol. The summed E-state index contributed by atoms with van der Waals surface area (Å²) in [6.45, 7) is 6.57. The summed E-state index contributed by atoms with van der Waals surface area (Å²) in [7, 11) is 1.16. The highest BCUT2D eigenvalue weighted by molar-refractivity contribution is 6.13.